The van der Waals surface area contributed by atoms with Gasteiger partial charge in [-0.2, -0.15) is 4.94 Å². The van der Waals surface area contributed by atoms with Crippen LogP contribution in [0.3, 0.4) is 0 Å². The molecule has 0 saturated carbocycles. The fraction of sp³-hybridized carbons (Fsp3) is 0.200. The number of hydrogen-bond acceptors (Lipinski definition) is 3. The highest BCUT2D eigenvalue weighted by atomic mass is 16.8. The average Bonchev–Trinajstić information content (AvgIpc) is 1.81. The van der Waals surface area contributed by atoms with Crippen molar-refractivity contribution in [3.63, 3.8) is 0 Å². The van der Waals surface area contributed by atoms with E-state index in [1.54, 1.807) is 6.20 Å². The Kier molecular flexibility index (Phi) is 5.32. The molecule has 0 aliphatic rings. The Hall–Kier alpha value is -0.960. The lowest BCUT2D eigenvalue weighted by Crippen LogP contribution is -2.15. The average molecular weight is 114 g/mol. The number of hydroxylamine groups is 2. The van der Waals surface area contributed by atoms with Crippen molar-refractivity contribution >= 4 is 0 Å². The SMILES string of the molecule is C=CNON/C=C\C. The molecular formula is C5H10N2O. The van der Waals surface area contributed by atoms with Gasteiger partial charge in [-0.05, 0) is 6.92 Å². The molecule has 0 amide bonds. The maximum absolute atomic E-state index is 4.52. The first-order chi connectivity index (χ1) is 3.91. The van der Waals surface area contributed by atoms with Crippen LogP contribution in [0.1, 0.15) is 6.92 Å². The van der Waals surface area contributed by atoms with Gasteiger partial charge in [0, 0.05) is 12.4 Å². The zero-order chi connectivity index (χ0) is 6.24. The zero-order valence-corrected chi connectivity index (χ0v) is 4.85. The van der Waals surface area contributed by atoms with E-state index in [9.17, 15) is 0 Å². The summed E-state index contributed by atoms with van der Waals surface area (Å²) in [6.45, 7) is 5.24. The van der Waals surface area contributed by atoms with Crippen molar-refractivity contribution in [2.75, 3.05) is 0 Å². The third-order valence-corrected chi connectivity index (χ3v) is 0.436. The molecule has 0 aromatic rings. The Balaban J connectivity index is 2.82. The van der Waals surface area contributed by atoms with E-state index in [1.807, 2.05) is 13.0 Å². The molecule has 0 fully saturated rings. The Morgan fingerprint density at radius 2 is 2.25 bits per heavy atom. The van der Waals surface area contributed by atoms with Crippen LogP contribution in [0.25, 0.3) is 0 Å². The minimum absolute atomic E-state index is 1.43. The van der Waals surface area contributed by atoms with Gasteiger partial charge in [-0.15, -0.1) is 0 Å². The van der Waals surface area contributed by atoms with E-state index in [0.717, 1.165) is 0 Å². The molecule has 3 nitrogen and oxygen atoms in total. The molecule has 0 radical (unpaired) electrons. The summed E-state index contributed by atoms with van der Waals surface area (Å²) in [5.41, 5.74) is 4.86. The van der Waals surface area contributed by atoms with Crippen LogP contribution in [0.2, 0.25) is 0 Å². The fourth-order valence-corrected chi connectivity index (χ4v) is 0.178. The molecular weight excluding hydrogens is 104 g/mol. The summed E-state index contributed by atoms with van der Waals surface area (Å²) in [5.74, 6) is 0. The van der Waals surface area contributed by atoms with E-state index < -0.39 is 0 Å². The normalized spacial score (nSPS) is 9.12. The van der Waals surface area contributed by atoms with Gasteiger partial charge in [-0.3, -0.25) is 5.48 Å². The Bertz CT molecular complexity index is 80.5. The molecule has 0 bridgehead atoms. The minimum Gasteiger partial charge on any atom is -0.250 e. The number of allylic oxidation sites excluding steroid dienone is 1. The van der Waals surface area contributed by atoms with Crippen LogP contribution in [-0.2, 0) is 4.94 Å². The van der Waals surface area contributed by atoms with Crippen molar-refractivity contribution in [2.45, 2.75) is 6.92 Å². The number of hydrogen-bond donors (Lipinski definition) is 2. The lowest BCUT2D eigenvalue weighted by Gasteiger charge is -1.96. The predicted octanol–water partition coefficient (Wildman–Crippen LogP) is 0.689. The van der Waals surface area contributed by atoms with Crippen LogP contribution >= 0.6 is 0 Å². The molecule has 0 spiro atoms. The van der Waals surface area contributed by atoms with Gasteiger partial charge in [0.05, 0.1) is 0 Å². The van der Waals surface area contributed by atoms with Crippen molar-refractivity contribution in [3.05, 3.63) is 25.1 Å². The third kappa shape index (κ3) is 5.04. The first-order valence-corrected chi connectivity index (χ1v) is 2.30. The standard InChI is InChI=1S/C5H10N2O/c1-3-5-7-8-6-4-2/h3-7H,2H2,1H3/b5-3-. The van der Waals surface area contributed by atoms with Crippen LogP contribution < -0.4 is 11.0 Å². The minimum atomic E-state index is 1.43. The summed E-state index contributed by atoms with van der Waals surface area (Å²) in [4.78, 5) is 4.52. The van der Waals surface area contributed by atoms with Gasteiger partial charge in [0.25, 0.3) is 0 Å². The summed E-state index contributed by atoms with van der Waals surface area (Å²) in [6, 6.07) is 0. The molecule has 0 rings (SSSR count). The molecule has 3 heteroatoms. The van der Waals surface area contributed by atoms with Gasteiger partial charge >= 0.3 is 0 Å². The number of nitrogens with one attached hydrogen (secondary N) is 2. The summed E-state index contributed by atoms with van der Waals surface area (Å²) in [5, 5.41) is 0. The lowest BCUT2D eigenvalue weighted by atomic mass is 10.7. The quantitative estimate of drug-likeness (QED) is 0.416. The van der Waals surface area contributed by atoms with Crippen molar-refractivity contribution in [2.24, 2.45) is 0 Å². The van der Waals surface area contributed by atoms with Crippen molar-refractivity contribution < 1.29 is 4.94 Å². The molecule has 0 unspecified atom stereocenters. The monoisotopic (exact) mass is 114 g/mol. The summed E-state index contributed by atoms with van der Waals surface area (Å²) < 4.78 is 0. The Labute approximate surface area is 48.9 Å². The van der Waals surface area contributed by atoms with Crippen LogP contribution in [-0.4, -0.2) is 0 Å². The lowest BCUT2D eigenvalue weighted by molar-refractivity contribution is 0.0120. The van der Waals surface area contributed by atoms with Gasteiger partial charge in [0.1, 0.15) is 0 Å². The van der Waals surface area contributed by atoms with E-state index >= 15 is 0 Å². The molecule has 0 heterocycles. The van der Waals surface area contributed by atoms with E-state index in [-0.39, 0.29) is 0 Å². The highest BCUT2D eigenvalue weighted by Crippen LogP contribution is 1.61. The van der Waals surface area contributed by atoms with E-state index in [1.165, 1.54) is 6.20 Å². The molecule has 0 aromatic carbocycles. The summed E-state index contributed by atoms with van der Waals surface area (Å²) in [6.07, 6.45) is 4.89. The summed E-state index contributed by atoms with van der Waals surface area (Å²) in [7, 11) is 0. The molecule has 8 heavy (non-hydrogen) atoms. The maximum Gasteiger partial charge on any atom is 0.0224 e. The van der Waals surface area contributed by atoms with Crippen LogP contribution in [0.5, 0.6) is 0 Å². The van der Waals surface area contributed by atoms with Crippen LogP contribution in [0, 0.1) is 0 Å². The molecule has 46 valence electrons. The molecule has 0 atom stereocenters. The second-order valence-electron chi connectivity index (χ2n) is 1.04. The fourth-order valence-electron chi connectivity index (χ4n) is 0.178. The Morgan fingerprint density at radius 1 is 1.50 bits per heavy atom. The van der Waals surface area contributed by atoms with E-state index in [4.69, 9.17) is 0 Å². The van der Waals surface area contributed by atoms with Gasteiger partial charge < -0.3 is 0 Å². The van der Waals surface area contributed by atoms with Crippen molar-refractivity contribution in [1.29, 1.82) is 0 Å². The second-order valence-corrected chi connectivity index (χ2v) is 1.04. The highest BCUT2D eigenvalue weighted by molar-refractivity contribution is 4.69. The molecule has 0 saturated heterocycles. The number of rotatable bonds is 4. The molecule has 0 aliphatic carbocycles. The predicted molar refractivity (Wildman–Crippen MR) is 32.4 cm³/mol. The third-order valence-electron chi connectivity index (χ3n) is 0.436. The van der Waals surface area contributed by atoms with Crippen molar-refractivity contribution in [3.8, 4) is 0 Å². The topological polar surface area (TPSA) is 33.3 Å². The van der Waals surface area contributed by atoms with Crippen LogP contribution in [0.15, 0.2) is 25.1 Å². The summed E-state index contributed by atoms with van der Waals surface area (Å²) >= 11 is 0. The first-order valence-electron chi connectivity index (χ1n) is 2.30. The van der Waals surface area contributed by atoms with Crippen LogP contribution in [0.4, 0.5) is 0 Å². The molecule has 0 aromatic heterocycles. The van der Waals surface area contributed by atoms with Gasteiger partial charge in [0.2, 0.25) is 0 Å². The molecule has 2 N–H and O–H groups in total. The maximum atomic E-state index is 4.52. The molecule has 0 aliphatic heterocycles. The largest absolute Gasteiger partial charge is 0.250 e. The Morgan fingerprint density at radius 3 is 2.75 bits per heavy atom. The first kappa shape index (κ1) is 7.04. The highest BCUT2D eigenvalue weighted by Gasteiger charge is 1.65. The van der Waals surface area contributed by atoms with E-state index in [0.29, 0.717) is 0 Å². The van der Waals surface area contributed by atoms with Crippen molar-refractivity contribution in [1.82, 2.24) is 11.0 Å². The van der Waals surface area contributed by atoms with E-state index in [2.05, 4.69) is 22.5 Å². The van der Waals surface area contributed by atoms with Gasteiger partial charge in [-0.1, -0.05) is 12.7 Å². The van der Waals surface area contributed by atoms with Gasteiger partial charge in [-0.25, -0.2) is 5.48 Å². The zero-order valence-electron chi connectivity index (χ0n) is 4.85. The van der Waals surface area contributed by atoms with Gasteiger partial charge in [0.15, 0.2) is 0 Å². The smallest absolute Gasteiger partial charge is 0.0224 e. The second kappa shape index (κ2) is 6.04.